The number of nitrogens with one attached hydrogen (secondary N) is 2. The molecule has 168 valence electrons. The van der Waals surface area contributed by atoms with E-state index in [-0.39, 0.29) is 17.6 Å². The largest absolute Gasteiger partial charge is 0.328 e. The first kappa shape index (κ1) is 21.6. The number of fused-ring (bicyclic) bond motifs is 1. The van der Waals surface area contributed by atoms with E-state index < -0.39 is 0 Å². The molecule has 6 nitrogen and oxygen atoms in total. The van der Waals surface area contributed by atoms with Gasteiger partial charge >= 0.3 is 0 Å². The predicted octanol–water partition coefficient (Wildman–Crippen LogP) is 4.88. The number of hydrogen-bond donors (Lipinski definition) is 2. The van der Waals surface area contributed by atoms with Crippen molar-refractivity contribution in [2.24, 2.45) is 5.92 Å². The zero-order valence-corrected chi connectivity index (χ0v) is 18.6. The second-order valence-electron chi connectivity index (χ2n) is 8.26. The molecule has 0 unspecified atom stereocenters. The first-order valence-electron chi connectivity index (χ1n) is 10.9. The Bertz CT molecular complexity index is 1320. The summed E-state index contributed by atoms with van der Waals surface area (Å²) in [7, 11) is 0. The number of rotatable bonds is 5. The maximum absolute atomic E-state index is 13.6. The first-order chi connectivity index (χ1) is 16.1. The third-order valence-electron chi connectivity index (χ3n) is 5.90. The highest BCUT2D eigenvalue weighted by Crippen LogP contribution is 2.30. The van der Waals surface area contributed by atoms with Crippen LogP contribution in [-0.2, 0) is 11.3 Å². The van der Waals surface area contributed by atoms with E-state index in [4.69, 9.17) is 16.6 Å². The number of carbonyl (C=O) groups excluding carboxylic acids is 1. The number of piperidine rings is 1. The minimum absolute atomic E-state index is 0.0460. The molecule has 8 heteroatoms. The van der Waals surface area contributed by atoms with E-state index in [1.807, 2.05) is 35.0 Å². The number of hydrogen-bond acceptors (Lipinski definition) is 4. The van der Waals surface area contributed by atoms with Crippen LogP contribution in [-0.4, -0.2) is 33.5 Å². The predicted molar refractivity (Wildman–Crippen MR) is 128 cm³/mol. The van der Waals surface area contributed by atoms with E-state index in [2.05, 4.69) is 15.6 Å². The van der Waals surface area contributed by atoms with Crippen molar-refractivity contribution in [3.05, 3.63) is 77.3 Å². The topological polar surface area (TPSA) is 71.8 Å². The number of nitrogens with zero attached hydrogens (tertiary/aromatic N) is 3. The van der Waals surface area contributed by atoms with Gasteiger partial charge in [0.2, 0.25) is 5.91 Å². The summed E-state index contributed by atoms with van der Waals surface area (Å²) in [4.78, 5) is 21.7. The van der Waals surface area contributed by atoms with Crippen molar-refractivity contribution >= 4 is 34.4 Å². The smallest absolute Gasteiger partial charge is 0.229 e. The van der Waals surface area contributed by atoms with Gasteiger partial charge in [-0.05, 0) is 61.3 Å². The standard InChI is InChI=1S/C25H23ClFN5O/c26-21-14-29-23(31-25(33)18-4-2-9-28-13-18)12-20(21)22-7-6-17-8-10-32(24(17)30-22)15-16-3-1-5-19(27)11-16/h1,3,5-8,10-12,14,18,28H,2,4,9,13,15H2,(H,29,31,33)/t18-/m1/s1. The fourth-order valence-electron chi connectivity index (χ4n) is 4.18. The van der Waals surface area contributed by atoms with E-state index in [1.165, 1.54) is 18.3 Å². The number of anilines is 1. The van der Waals surface area contributed by atoms with Gasteiger partial charge in [-0.15, -0.1) is 0 Å². The zero-order valence-electron chi connectivity index (χ0n) is 17.9. The minimum atomic E-state index is -0.264. The van der Waals surface area contributed by atoms with Gasteiger partial charge in [0.15, 0.2) is 0 Å². The molecule has 1 saturated heterocycles. The van der Waals surface area contributed by atoms with Crippen LogP contribution in [0.1, 0.15) is 18.4 Å². The lowest BCUT2D eigenvalue weighted by Crippen LogP contribution is -2.37. The summed E-state index contributed by atoms with van der Waals surface area (Å²) in [6, 6.07) is 14.1. The van der Waals surface area contributed by atoms with Crippen molar-refractivity contribution in [1.82, 2.24) is 19.9 Å². The molecule has 0 radical (unpaired) electrons. The molecule has 1 amide bonds. The molecule has 0 bridgehead atoms. The number of aromatic nitrogens is 3. The van der Waals surface area contributed by atoms with Gasteiger partial charge in [0.25, 0.3) is 0 Å². The highest BCUT2D eigenvalue weighted by atomic mass is 35.5. The van der Waals surface area contributed by atoms with Crippen LogP contribution in [0.3, 0.4) is 0 Å². The minimum Gasteiger partial charge on any atom is -0.328 e. The Kier molecular flexibility index (Phi) is 6.07. The highest BCUT2D eigenvalue weighted by molar-refractivity contribution is 6.33. The Hall–Kier alpha value is -3.29. The fourth-order valence-corrected chi connectivity index (χ4v) is 4.38. The second-order valence-corrected chi connectivity index (χ2v) is 8.67. The quantitative estimate of drug-likeness (QED) is 0.442. The third kappa shape index (κ3) is 4.74. The molecule has 1 aliphatic rings. The Balaban J connectivity index is 1.43. The van der Waals surface area contributed by atoms with Gasteiger partial charge in [-0.25, -0.2) is 14.4 Å². The SMILES string of the molecule is O=C(Nc1cc(-c2ccc3ccn(Cc4cccc(F)c4)c3n2)c(Cl)cn1)[C@@H]1CCCNC1. The molecule has 1 fully saturated rings. The molecule has 5 rings (SSSR count). The van der Waals surface area contributed by atoms with Crippen molar-refractivity contribution < 1.29 is 9.18 Å². The van der Waals surface area contributed by atoms with Crippen molar-refractivity contribution in [1.29, 1.82) is 0 Å². The van der Waals surface area contributed by atoms with Crippen LogP contribution >= 0.6 is 11.6 Å². The summed E-state index contributed by atoms with van der Waals surface area (Å²) in [5.74, 6) is 0.0670. The summed E-state index contributed by atoms with van der Waals surface area (Å²) in [6.07, 6.45) is 5.31. The van der Waals surface area contributed by atoms with E-state index >= 15 is 0 Å². The fraction of sp³-hybridized carbons (Fsp3) is 0.240. The van der Waals surface area contributed by atoms with Crippen molar-refractivity contribution in [3.8, 4) is 11.3 Å². The van der Waals surface area contributed by atoms with Crippen LogP contribution < -0.4 is 10.6 Å². The van der Waals surface area contributed by atoms with Gasteiger partial charge in [-0.2, -0.15) is 0 Å². The second kappa shape index (κ2) is 9.29. The van der Waals surface area contributed by atoms with Gasteiger partial charge in [0.1, 0.15) is 17.3 Å². The lowest BCUT2D eigenvalue weighted by atomic mass is 9.99. The van der Waals surface area contributed by atoms with Crippen LogP contribution in [0.4, 0.5) is 10.2 Å². The van der Waals surface area contributed by atoms with Crippen molar-refractivity contribution in [3.63, 3.8) is 0 Å². The summed E-state index contributed by atoms with van der Waals surface area (Å²) in [5, 5.41) is 7.58. The summed E-state index contributed by atoms with van der Waals surface area (Å²) in [6.45, 7) is 2.12. The van der Waals surface area contributed by atoms with Gasteiger partial charge in [-0.3, -0.25) is 4.79 Å². The number of carbonyl (C=O) groups is 1. The molecule has 3 aromatic heterocycles. The number of pyridine rings is 2. The van der Waals surface area contributed by atoms with E-state index in [0.717, 1.165) is 36.0 Å². The van der Waals surface area contributed by atoms with Crippen LogP contribution in [0.5, 0.6) is 0 Å². The monoisotopic (exact) mass is 463 g/mol. The van der Waals surface area contributed by atoms with Crippen LogP contribution in [0, 0.1) is 11.7 Å². The molecule has 0 spiro atoms. The Morgan fingerprint density at radius 3 is 2.97 bits per heavy atom. The summed E-state index contributed by atoms with van der Waals surface area (Å²) < 4.78 is 15.6. The number of amides is 1. The lowest BCUT2D eigenvalue weighted by molar-refractivity contribution is -0.120. The van der Waals surface area contributed by atoms with E-state index in [0.29, 0.717) is 35.2 Å². The molecule has 4 heterocycles. The third-order valence-corrected chi connectivity index (χ3v) is 6.20. The summed E-state index contributed by atoms with van der Waals surface area (Å²) in [5.41, 5.74) is 2.97. The van der Waals surface area contributed by atoms with Crippen LogP contribution in [0.25, 0.3) is 22.3 Å². The molecule has 33 heavy (non-hydrogen) atoms. The first-order valence-corrected chi connectivity index (χ1v) is 11.3. The lowest BCUT2D eigenvalue weighted by Gasteiger charge is -2.21. The van der Waals surface area contributed by atoms with Gasteiger partial charge < -0.3 is 15.2 Å². The molecule has 0 aliphatic carbocycles. The van der Waals surface area contributed by atoms with Gasteiger partial charge in [0, 0.05) is 36.4 Å². The molecule has 2 N–H and O–H groups in total. The average Bonchev–Trinajstić information content (AvgIpc) is 3.23. The van der Waals surface area contributed by atoms with E-state index in [9.17, 15) is 9.18 Å². The normalized spacial score (nSPS) is 16.1. The number of halogens is 2. The summed E-state index contributed by atoms with van der Waals surface area (Å²) >= 11 is 6.45. The maximum atomic E-state index is 13.6. The van der Waals surface area contributed by atoms with Gasteiger partial charge in [-0.1, -0.05) is 23.7 Å². The Labute approximate surface area is 195 Å². The van der Waals surface area contributed by atoms with Gasteiger partial charge in [0.05, 0.1) is 16.6 Å². The van der Waals surface area contributed by atoms with Crippen LogP contribution in [0.2, 0.25) is 5.02 Å². The molecule has 1 atom stereocenters. The molecule has 4 aromatic rings. The van der Waals surface area contributed by atoms with E-state index in [1.54, 1.807) is 12.1 Å². The molecular weight excluding hydrogens is 441 g/mol. The molecule has 1 aromatic carbocycles. The van der Waals surface area contributed by atoms with Crippen LogP contribution in [0.15, 0.2) is 60.9 Å². The maximum Gasteiger partial charge on any atom is 0.229 e. The molecular formula is C25H23ClFN5O. The average molecular weight is 464 g/mol. The zero-order chi connectivity index (χ0) is 22.8. The van der Waals surface area contributed by atoms with Crippen molar-refractivity contribution in [2.75, 3.05) is 18.4 Å². The number of benzene rings is 1. The Morgan fingerprint density at radius 1 is 1.24 bits per heavy atom. The van der Waals surface area contributed by atoms with Crippen molar-refractivity contribution in [2.45, 2.75) is 19.4 Å². The Morgan fingerprint density at radius 2 is 2.15 bits per heavy atom. The highest BCUT2D eigenvalue weighted by Gasteiger charge is 2.21. The molecule has 1 aliphatic heterocycles. The molecule has 0 saturated carbocycles.